The van der Waals surface area contributed by atoms with E-state index in [1.165, 1.54) is 0 Å². The van der Waals surface area contributed by atoms with Gasteiger partial charge in [-0.25, -0.2) is 0 Å². The molecule has 0 aliphatic carbocycles. The number of ether oxygens (including phenoxy) is 1. The number of nitrogens with two attached hydrogens (primary N) is 1. The number of benzene rings is 1. The largest absolute Gasteiger partial charge is 0.397 e. The van der Waals surface area contributed by atoms with E-state index in [-0.39, 0.29) is 12.0 Å². The Morgan fingerprint density at radius 2 is 2.38 bits per heavy atom. The molecule has 1 fully saturated rings. The minimum atomic E-state index is -0.0400. The molecule has 0 aromatic heterocycles. The van der Waals surface area contributed by atoms with E-state index in [2.05, 4.69) is 17.1 Å². The topological polar surface area (TPSA) is 67.6 Å². The lowest BCUT2D eigenvalue weighted by atomic mass is 10.2. The molecule has 2 rings (SSSR count). The summed E-state index contributed by atoms with van der Waals surface area (Å²) in [7, 11) is 0. The van der Waals surface area contributed by atoms with Crippen LogP contribution in [0.15, 0.2) is 18.2 Å². The molecule has 1 aliphatic heterocycles. The molecule has 0 radical (unpaired) electrons. The number of rotatable bonds is 4. The van der Waals surface area contributed by atoms with Crippen LogP contribution < -0.4 is 11.1 Å². The summed E-state index contributed by atoms with van der Waals surface area (Å²) >= 11 is 5.83. The highest BCUT2D eigenvalue weighted by molar-refractivity contribution is 6.31. The molecule has 1 aromatic carbocycles. The summed E-state index contributed by atoms with van der Waals surface area (Å²) in [4.78, 5) is 14.3. The fraction of sp³-hybridized carbons (Fsp3) is 0.533. The van der Waals surface area contributed by atoms with Crippen LogP contribution in [0.4, 0.5) is 11.4 Å². The number of halogens is 1. The van der Waals surface area contributed by atoms with Gasteiger partial charge < -0.3 is 20.7 Å². The fourth-order valence-electron chi connectivity index (χ4n) is 2.40. The Labute approximate surface area is 130 Å². The van der Waals surface area contributed by atoms with Crippen molar-refractivity contribution >= 4 is 28.9 Å². The summed E-state index contributed by atoms with van der Waals surface area (Å²) in [5.41, 5.74) is 6.91. The number of nitrogen functional groups attached to an aromatic ring is 1. The fourth-order valence-corrected chi connectivity index (χ4v) is 2.58. The van der Waals surface area contributed by atoms with Crippen molar-refractivity contribution in [2.45, 2.75) is 25.9 Å². The van der Waals surface area contributed by atoms with Crippen LogP contribution in [0, 0.1) is 0 Å². The third-order valence-electron chi connectivity index (χ3n) is 3.48. The number of hydrogen-bond acceptors (Lipinski definition) is 4. The van der Waals surface area contributed by atoms with E-state index >= 15 is 0 Å². The Hall–Kier alpha value is -1.30. The maximum absolute atomic E-state index is 12.0. The van der Waals surface area contributed by atoms with Gasteiger partial charge in [-0.05, 0) is 31.5 Å². The zero-order chi connectivity index (χ0) is 15.2. The van der Waals surface area contributed by atoms with Crippen molar-refractivity contribution in [3.63, 3.8) is 0 Å². The molecule has 0 bridgehead atoms. The van der Waals surface area contributed by atoms with Gasteiger partial charge in [0.25, 0.3) is 0 Å². The number of nitrogens with one attached hydrogen (secondary N) is 1. The molecule has 1 saturated heterocycles. The van der Waals surface area contributed by atoms with Crippen LogP contribution in [-0.4, -0.2) is 43.2 Å². The average Bonchev–Trinajstić information content (AvgIpc) is 2.64. The summed E-state index contributed by atoms with van der Waals surface area (Å²) in [6, 6.07) is 5.06. The van der Waals surface area contributed by atoms with E-state index in [1.807, 2.05) is 0 Å². The average molecular weight is 312 g/mol. The number of carbonyl (C=O) groups is 1. The van der Waals surface area contributed by atoms with Crippen molar-refractivity contribution in [2.75, 3.05) is 37.3 Å². The Balaban J connectivity index is 1.81. The van der Waals surface area contributed by atoms with Crippen molar-refractivity contribution < 1.29 is 9.53 Å². The third kappa shape index (κ3) is 5.19. The number of hydrogen-bond donors (Lipinski definition) is 2. The lowest BCUT2D eigenvalue weighted by molar-refractivity contribution is -0.116. The Kier molecular flexibility index (Phi) is 5.85. The van der Waals surface area contributed by atoms with Gasteiger partial charge in [0.2, 0.25) is 5.91 Å². The molecule has 116 valence electrons. The molecule has 3 N–H and O–H groups in total. The number of nitrogens with zero attached hydrogens (tertiary/aromatic N) is 1. The van der Waals surface area contributed by atoms with Gasteiger partial charge in [-0.3, -0.25) is 4.79 Å². The van der Waals surface area contributed by atoms with E-state index in [0.29, 0.717) is 22.8 Å². The molecule has 0 saturated carbocycles. The molecule has 0 spiro atoms. The predicted octanol–water partition coefficient (Wildman–Crippen LogP) is 2.36. The van der Waals surface area contributed by atoms with Crippen molar-refractivity contribution in [1.82, 2.24) is 4.90 Å². The van der Waals surface area contributed by atoms with Crippen molar-refractivity contribution in [3.8, 4) is 0 Å². The number of amides is 1. The van der Waals surface area contributed by atoms with Crippen LogP contribution in [0.5, 0.6) is 0 Å². The number of carbonyl (C=O) groups excluding carboxylic acids is 1. The molecule has 21 heavy (non-hydrogen) atoms. The van der Waals surface area contributed by atoms with Gasteiger partial charge in [0, 0.05) is 37.7 Å². The van der Waals surface area contributed by atoms with E-state index in [0.717, 1.165) is 32.7 Å². The van der Waals surface area contributed by atoms with Gasteiger partial charge in [0.1, 0.15) is 0 Å². The first-order chi connectivity index (χ1) is 10.0. The van der Waals surface area contributed by atoms with Gasteiger partial charge in [-0.2, -0.15) is 0 Å². The van der Waals surface area contributed by atoms with Crippen molar-refractivity contribution in [2.24, 2.45) is 0 Å². The highest BCUT2D eigenvalue weighted by Crippen LogP contribution is 2.22. The second-order valence-electron chi connectivity index (χ2n) is 5.37. The molecular formula is C15H22ClN3O2. The molecule has 5 nitrogen and oxygen atoms in total. The molecule has 1 unspecified atom stereocenters. The lowest BCUT2D eigenvalue weighted by Gasteiger charge is -2.21. The highest BCUT2D eigenvalue weighted by atomic mass is 35.5. The monoisotopic (exact) mass is 311 g/mol. The van der Waals surface area contributed by atoms with Crippen LogP contribution in [0.2, 0.25) is 5.02 Å². The minimum Gasteiger partial charge on any atom is -0.397 e. The van der Waals surface area contributed by atoms with E-state index in [1.54, 1.807) is 18.2 Å². The van der Waals surface area contributed by atoms with Gasteiger partial charge in [-0.15, -0.1) is 0 Å². The number of anilines is 2. The SMILES string of the molecule is CC1CN(CCC(=O)Nc2ccc(Cl)cc2N)CCCO1. The maximum Gasteiger partial charge on any atom is 0.225 e. The normalized spacial score (nSPS) is 20.0. The van der Waals surface area contributed by atoms with E-state index in [9.17, 15) is 4.79 Å². The summed E-state index contributed by atoms with van der Waals surface area (Å²) in [5.74, 6) is -0.0400. The zero-order valence-electron chi connectivity index (χ0n) is 12.3. The van der Waals surface area contributed by atoms with Crippen molar-refractivity contribution in [3.05, 3.63) is 23.2 Å². The van der Waals surface area contributed by atoms with Gasteiger partial charge >= 0.3 is 0 Å². The molecule has 1 aromatic rings. The van der Waals surface area contributed by atoms with Crippen LogP contribution in [-0.2, 0) is 9.53 Å². The summed E-state index contributed by atoms with van der Waals surface area (Å²) in [6.45, 7) is 5.43. The first-order valence-corrected chi connectivity index (χ1v) is 7.61. The summed E-state index contributed by atoms with van der Waals surface area (Å²) < 4.78 is 5.59. The van der Waals surface area contributed by atoms with Crippen LogP contribution in [0.3, 0.4) is 0 Å². The first kappa shape index (κ1) is 16.1. The summed E-state index contributed by atoms with van der Waals surface area (Å²) in [5, 5.41) is 3.38. The highest BCUT2D eigenvalue weighted by Gasteiger charge is 2.16. The third-order valence-corrected chi connectivity index (χ3v) is 3.71. The van der Waals surface area contributed by atoms with Gasteiger partial charge in [-0.1, -0.05) is 11.6 Å². The zero-order valence-corrected chi connectivity index (χ0v) is 13.0. The van der Waals surface area contributed by atoms with Crippen LogP contribution in [0.1, 0.15) is 19.8 Å². The molecule has 1 aliphatic rings. The van der Waals surface area contributed by atoms with E-state index < -0.39 is 0 Å². The molecule has 1 heterocycles. The van der Waals surface area contributed by atoms with Crippen LogP contribution >= 0.6 is 11.6 Å². The first-order valence-electron chi connectivity index (χ1n) is 7.23. The Morgan fingerprint density at radius 3 is 3.14 bits per heavy atom. The molecule has 1 amide bonds. The molecule has 6 heteroatoms. The Bertz CT molecular complexity index is 496. The predicted molar refractivity (Wildman–Crippen MR) is 85.6 cm³/mol. The van der Waals surface area contributed by atoms with Gasteiger partial charge in [0.15, 0.2) is 0 Å². The summed E-state index contributed by atoms with van der Waals surface area (Å²) in [6.07, 6.45) is 1.67. The smallest absolute Gasteiger partial charge is 0.225 e. The van der Waals surface area contributed by atoms with Gasteiger partial charge in [0.05, 0.1) is 17.5 Å². The lowest BCUT2D eigenvalue weighted by Crippen LogP contribution is -2.33. The standard InChI is InChI=1S/C15H22ClN3O2/c1-11-10-19(6-2-8-21-11)7-5-15(20)18-14-4-3-12(16)9-13(14)17/h3-4,9,11H,2,5-8,10,17H2,1H3,(H,18,20). The maximum atomic E-state index is 12.0. The minimum absolute atomic E-state index is 0.0400. The molecule has 1 atom stereocenters. The second-order valence-corrected chi connectivity index (χ2v) is 5.80. The molecular weight excluding hydrogens is 290 g/mol. The van der Waals surface area contributed by atoms with Crippen molar-refractivity contribution in [1.29, 1.82) is 0 Å². The van der Waals surface area contributed by atoms with Crippen LogP contribution in [0.25, 0.3) is 0 Å². The Morgan fingerprint density at radius 1 is 1.57 bits per heavy atom. The van der Waals surface area contributed by atoms with E-state index in [4.69, 9.17) is 22.1 Å². The second kappa shape index (κ2) is 7.64. The quantitative estimate of drug-likeness (QED) is 0.838.